The maximum atomic E-state index is 13.5. The first-order valence-corrected chi connectivity index (χ1v) is 13.4. The number of hydrogen-bond donors (Lipinski definition) is 2. The van der Waals surface area contributed by atoms with Crippen LogP contribution in [0.2, 0.25) is 0 Å². The van der Waals surface area contributed by atoms with Crippen LogP contribution < -0.4 is 15.6 Å². The molecule has 196 valence electrons. The van der Waals surface area contributed by atoms with E-state index in [2.05, 4.69) is 48.0 Å². The molecule has 0 spiro atoms. The Morgan fingerprint density at radius 1 is 1.00 bits per heavy atom. The summed E-state index contributed by atoms with van der Waals surface area (Å²) in [6.45, 7) is 10.6. The average molecular weight is 528 g/mol. The number of nitrogens with one attached hydrogen (secondary N) is 1. The first-order chi connectivity index (χ1) is 18.2. The van der Waals surface area contributed by atoms with E-state index in [1.165, 1.54) is 0 Å². The largest absolute Gasteiger partial charge is 0.455 e. The summed E-state index contributed by atoms with van der Waals surface area (Å²) < 4.78 is 6.54. The van der Waals surface area contributed by atoms with E-state index in [1.807, 2.05) is 61.2 Å². The summed E-state index contributed by atoms with van der Waals surface area (Å²) >= 11 is 4.58. The van der Waals surface area contributed by atoms with Gasteiger partial charge in [0.1, 0.15) is 11.3 Å². The van der Waals surface area contributed by atoms with Gasteiger partial charge in [-0.05, 0) is 68.8 Å². The lowest BCUT2D eigenvalue weighted by Crippen LogP contribution is -2.48. The minimum atomic E-state index is -0.111. The van der Waals surface area contributed by atoms with Crippen LogP contribution in [0.1, 0.15) is 36.6 Å². The topological polar surface area (TPSA) is 65.8 Å². The minimum absolute atomic E-state index is 0.0163. The van der Waals surface area contributed by atoms with Gasteiger partial charge >= 0.3 is 0 Å². The fraction of sp³-hybridized carbons (Fsp3) is 0.290. The van der Waals surface area contributed by atoms with Crippen LogP contribution >= 0.6 is 12.6 Å². The van der Waals surface area contributed by atoms with Gasteiger partial charge in [-0.3, -0.25) is 9.59 Å². The number of fused-ring (bicyclic) bond motifs is 1. The third-order valence-corrected chi connectivity index (χ3v) is 7.74. The molecule has 4 aromatic rings. The van der Waals surface area contributed by atoms with Crippen LogP contribution in [-0.4, -0.2) is 37.0 Å². The van der Waals surface area contributed by atoms with Crippen molar-refractivity contribution >= 4 is 40.9 Å². The van der Waals surface area contributed by atoms with Crippen LogP contribution in [0.4, 0.5) is 11.4 Å². The Labute approximate surface area is 228 Å². The van der Waals surface area contributed by atoms with E-state index in [0.29, 0.717) is 22.3 Å². The molecule has 1 aliphatic heterocycles. The molecule has 1 amide bonds. The summed E-state index contributed by atoms with van der Waals surface area (Å²) in [5, 5.41) is 4.12. The molecular formula is C31H33N3O3S. The van der Waals surface area contributed by atoms with Gasteiger partial charge in [0.15, 0.2) is 5.43 Å². The molecule has 1 N–H and O–H groups in total. The van der Waals surface area contributed by atoms with E-state index in [-0.39, 0.29) is 17.4 Å². The van der Waals surface area contributed by atoms with E-state index in [9.17, 15) is 9.59 Å². The molecule has 1 atom stereocenters. The first kappa shape index (κ1) is 25.9. The number of hydrogen-bond acceptors (Lipinski definition) is 6. The zero-order valence-electron chi connectivity index (χ0n) is 22.2. The van der Waals surface area contributed by atoms with E-state index in [0.717, 1.165) is 59.1 Å². The molecule has 0 aliphatic carbocycles. The highest BCUT2D eigenvalue weighted by Crippen LogP contribution is 2.33. The quantitative estimate of drug-likeness (QED) is 0.302. The molecule has 1 unspecified atom stereocenters. The summed E-state index contributed by atoms with van der Waals surface area (Å²) in [7, 11) is 0. The molecule has 1 fully saturated rings. The summed E-state index contributed by atoms with van der Waals surface area (Å²) in [4.78, 5) is 30.2. The first-order valence-electron chi connectivity index (χ1n) is 13.0. The Balaban J connectivity index is 1.50. The van der Waals surface area contributed by atoms with Gasteiger partial charge in [-0.25, -0.2) is 0 Å². The third-order valence-electron chi connectivity index (χ3n) is 7.35. The fourth-order valence-electron chi connectivity index (χ4n) is 5.17. The zero-order chi connectivity index (χ0) is 27.0. The normalized spacial score (nSPS) is 14.6. The van der Waals surface area contributed by atoms with E-state index < -0.39 is 0 Å². The monoisotopic (exact) mass is 527 g/mol. The number of piperazine rings is 1. The van der Waals surface area contributed by atoms with Crippen LogP contribution in [0.15, 0.2) is 74.8 Å². The van der Waals surface area contributed by atoms with E-state index in [4.69, 9.17) is 4.42 Å². The molecule has 2 heterocycles. The van der Waals surface area contributed by atoms with Crippen molar-refractivity contribution in [2.45, 2.75) is 38.6 Å². The zero-order valence-corrected chi connectivity index (χ0v) is 23.1. The highest BCUT2D eigenvalue weighted by molar-refractivity contribution is 7.80. The molecule has 3 aromatic carbocycles. The van der Waals surface area contributed by atoms with E-state index in [1.54, 1.807) is 6.92 Å². The van der Waals surface area contributed by atoms with Gasteiger partial charge in [0.05, 0.1) is 11.4 Å². The number of carbonyl (C=O) groups excluding carboxylic acids is 1. The van der Waals surface area contributed by atoms with Crippen LogP contribution in [0, 0.1) is 13.8 Å². The van der Waals surface area contributed by atoms with Crippen molar-refractivity contribution in [3.8, 4) is 11.3 Å². The molecule has 1 saturated heterocycles. The maximum Gasteiger partial charge on any atom is 0.219 e. The molecule has 1 aromatic heterocycles. The van der Waals surface area contributed by atoms with Crippen LogP contribution in [-0.2, 0) is 4.79 Å². The van der Waals surface area contributed by atoms with Crippen molar-refractivity contribution in [2.75, 3.05) is 36.4 Å². The standard InChI is InChI=1S/C31H33N3O3S/c1-19-17-25(21(3)32-27-7-5-6-8-28(27)38)31-26(18-19)29(36)20(2)30(37-31)23-9-11-24(12-10-23)34-15-13-33(14-16-34)22(4)35/h5-12,17-18,21,32,38H,13-16H2,1-4H3. The van der Waals surface area contributed by atoms with E-state index >= 15 is 0 Å². The van der Waals surface area contributed by atoms with Gasteiger partial charge in [-0.2, -0.15) is 0 Å². The highest BCUT2D eigenvalue weighted by Gasteiger charge is 2.21. The average Bonchev–Trinajstić information content (AvgIpc) is 2.92. The second-order valence-corrected chi connectivity index (χ2v) is 10.5. The number of anilines is 2. The van der Waals surface area contributed by atoms with Gasteiger partial charge in [-0.1, -0.05) is 18.2 Å². The summed E-state index contributed by atoms with van der Waals surface area (Å²) in [5.41, 5.74) is 5.99. The van der Waals surface area contributed by atoms with Crippen LogP contribution in [0.3, 0.4) is 0 Å². The Morgan fingerprint density at radius 3 is 2.34 bits per heavy atom. The van der Waals surface area contributed by atoms with Crippen molar-refractivity contribution in [1.29, 1.82) is 0 Å². The number of rotatable bonds is 5. The van der Waals surface area contributed by atoms with Crippen molar-refractivity contribution in [3.05, 3.63) is 87.6 Å². The third kappa shape index (κ3) is 5.03. The number of nitrogens with zero attached hydrogens (tertiary/aromatic N) is 2. The number of amides is 1. The van der Waals surface area contributed by atoms with Gasteiger partial charge in [-0.15, -0.1) is 12.6 Å². The maximum absolute atomic E-state index is 13.5. The number of para-hydroxylation sites is 1. The van der Waals surface area contributed by atoms with Gasteiger partial charge in [0.25, 0.3) is 0 Å². The summed E-state index contributed by atoms with van der Waals surface area (Å²) in [5.74, 6) is 0.707. The predicted molar refractivity (Wildman–Crippen MR) is 158 cm³/mol. The second kappa shape index (κ2) is 10.6. The fourth-order valence-corrected chi connectivity index (χ4v) is 5.40. The second-order valence-electron chi connectivity index (χ2n) is 10.0. The molecule has 7 heteroatoms. The Kier molecular flexibility index (Phi) is 7.21. The molecule has 0 radical (unpaired) electrons. The van der Waals surface area contributed by atoms with Gasteiger partial charge in [0.2, 0.25) is 5.91 Å². The molecule has 1 aliphatic rings. The molecule has 0 saturated carbocycles. The predicted octanol–water partition coefficient (Wildman–Crippen LogP) is 6.21. The van der Waals surface area contributed by atoms with Crippen molar-refractivity contribution in [1.82, 2.24) is 4.90 Å². The van der Waals surface area contributed by atoms with Gasteiger partial charge in [0, 0.05) is 66.1 Å². The molecule has 38 heavy (non-hydrogen) atoms. The Morgan fingerprint density at radius 2 is 1.68 bits per heavy atom. The molecular weight excluding hydrogens is 494 g/mol. The highest BCUT2D eigenvalue weighted by atomic mass is 32.1. The number of thiol groups is 1. The van der Waals surface area contributed by atoms with Crippen molar-refractivity contribution in [2.24, 2.45) is 0 Å². The molecule has 6 nitrogen and oxygen atoms in total. The lowest BCUT2D eigenvalue weighted by molar-refractivity contribution is -0.129. The van der Waals surface area contributed by atoms with Crippen LogP contribution in [0.25, 0.3) is 22.3 Å². The van der Waals surface area contributed by atoms with Crippen LogP contribution in [0.5, 0.6) is 0 Å². The Bertz CT molecular complexity index is 1550. The number of benzene rings is 3. The van der Waals surface area contributed by atoms with Gasteiger partial charge < -0.3 is 19.5 Å². The Hall–Kier alpha value is -3.71. The number of aryl methyl sites for hydroxylation is 1. The summed E-state index contributed by atoms with van der Waals surface area (Å²) in [6, 6.07) is 19.9. The molecule has 0 bridgehead atoms. The molecule has 5 rings (SSSR count). The minimum Gasteiger partial charge on any atom is -0.455 e. The van der Waals surface area contributed by atoms with Crippen molar-refractivity contribution < 1.29 is 9.21 Å². The smallest absolute Gasteiger partial charge is 0.219 e. The SMILES string of the molecule is CC(=O)N1CCN(c2ccc(-c3oc4c(C(C)Nc5ccccc5S)cc(C)cc4c(=O)c3C)cc2)CC1. The summed E-state index contributed by atoms with van der Waals surface area (Å²) in [6.07, 6.45) is 0. The lowest BCUT2D eigenvalue weighted by atomic mass is 9.98. The lowest BCUT2D eigenvalue weighted by Gasteiger charge is -2.35. The van der Waals surface area contributed by atoms with Crippen molar-refractivity contribution in [3.63, 3.8) is 0 Å². The number of carbonyl (C=O) groups is 1.